The fourth-order valence-electron chi connectivity index (χ4n) is 2.53. The summed E-state index contributed by atoms with van der Waals surface area (Å²) in [7, 11) is 0. The van der Waals surface area contributed by atoms with Crippen LogP contribution in [-0.4, -0.2) is 23.7 Å². The zero-order chi connectivity index (χ0) is 17.2. The van der Waals surface area contributed by atoms with E-state index < -0.39 is 6.10 Å². The third-order valence-electron chi connectivity index (χ3n) is 3.94. The number of nitrogens with one attached hydrogen (secondary N) is 1. The lowest BCUT2D eigenvalue weighted by Crippen LogP contribution is -2.35. The van der Waals surface area contributed by atoms with Crippen molar-refractivity contribution in [2.24, 2.45) is 0 Å². The number of aliphatic hydroxyl groups is 1. The molecule has 0 heterocycles. The lowest BCUT2D eigenvalue weighted by Gasteiger charge is -2.13. The average Bonchev–Trinajstić information content (AvgIpc) is 2.64. The Balaban J connectivity index is 1.73. The molecule has 4 heteroatoms. The molecule has 1 amide bonds. The van der Waals surface area contributed by atoms with Gasteiger partial charge in [-0.2, -0.15) is 5.26 Å². The number of nitriles is 1. The monoisotopic (exact) mass is 322 g/mol. The van der Waals surface area contributed by atoms with Crippen LogP contribution in [0.4, 0.5) is 0 Å². The maximum atomic E-state index is 11.9. The molecule has 0 fully saturated rings. The van der Waals surface area contributed by atoms with Crippen LogP contribution in [0.3, 0.4) is 0 Å². The number of hydrogen-bond acceptors (Lipinski definition) is 3. The molecule has 0 bridgehead atoms. The molecule has 0 spiro atoms. The van der Waals surface area contributed by atoms with Crippen LogP contribution in [-0.2, 0) is 11.2 Å². The first kappa shape index (κ1) is 17.7. The third-order valence-corrected chi connectivity index (χ3v) is 3.94. The van der Waals surface area contributed by atoms with Crippen LogP contribution in [0, 0.1) is 11.3 Å². The molecule has 2 aromatic carbocycles. The first-order valence-corrected chi connectivity index (χ1v) is 8.15. The number of rotatable bonds is 8. The fourth-order valence-corrected chi connectivity index (χ4v) is 2.53. The minimum absolute atomic E-state index is 0.257. The van der Waals surface area contributed by atoms with E-state index in [0.29, 0.717) is 25.8 Å². The van der Waals surface area contributed by atoms with Gasteiger partial charge >= 0.3 is 0 Å². The van der Waals surface area contributed by atoms with Gasteiger partial charge in [0.2, 0.25) is 5.91 Å². The van der Waals surface area contributed by atoms with Gasteiger partial charge in [0.05, 0.1) is 12.0 Å². The molecule has 0 unspecified atom stereocenters. The normalized spacial score (nSPS) is 12.8. The van der Waals surface area contributed by atoms with Gasteiger partial charge in [0, 0.05) is 6.54 Å². The van der Waals surface area contributed by atoms with Crippen LogP contribution in [0.5, 0.6) is 0 Å². The smallest absolute Gasteiger partial charge is 0.248 e. The van der Waals surface area contributed by atoms with Gasteiger partial charge in [-0.25, -0.2) is 0 Å². The Labute approximate surface area is 142 Å². The van der Waals surface area contributed by atoms with Gasteiger partial charge in [0.1, 0.15) is 6.10 Å². The van der Waals surface area contributed by atoms with Crippen molar-refractivity contribution in [3.05, 3.63) is 71.8 Å². The Kier molecular flexibility index (Phi) is 7.00. The zero-order valence-electron chi connectivity index (χ0n) is 13.6. The molecule has 2 N–H and O–H groups in total. The molecule has 24 heavy (non-hydrogen) atoms. The molecule has 4 nitrogen and oxygen atoms in total. The molecule has 0 saturated heterocycles. The van der Waals surface area contributed by atoms with Crippen molar-refractivity contribution in [3.8, 4) is 6.07 Å². The molecular weight excluding hydrogens is 300 g/mol. The van der Waals surface area contributed by atoms with Gasteiger partial charge in [-0.1, -0.05) is 60.7 Å². The van der Waals surface area contributed by atoms with Crippen LogP contribution in [0.25, 0.3) is 0 Å². The van der Waals surface area contributed by atoms with Gasteiger partial charge < -0.3 is 10.4 Å². The molecule has 0 aliphatic carbocycles. The van der Waals surface area contributed by atoms with Gasteiger partial charge in [-0.15, -0.1) is 0 Å². The van der Waals surface area contributed by atoms with Crippen molar-refractivity contribution < 1.29 is 9.90 Å². The lowest BCUT2D eigenvalue weighted by atomic mass is 9.97. The highest BCUT2D eigenvalue weighted by molar-refractivity contribution is 5.80. The summed E-state index contributed by atoms with van der Waals surface area (Å²) in [5.41, 5.74) is 2.04. The number of hydrogen-bond donors (Lipinski definition) is 2. The van der Waals surface area contributed by atoms with Crippen molar-refractivity contribution in [1.82, 2.24) is 5.32 Å². The summed E-state index contributed by atoms with van der Waals surface area (Å²) in [6, 6.07) is 21.5. The number of nitrogens with zero attached hydrogens (tertiary/aromatic N) is 1. The van der Waals surface area contributed by atoms with E-state index in [1.54, 1.807) is 0 Å². The largest absolute Gasteiger partial charge is 0.383 e. The van der Waals surface area contributed by atoms with Crippen molar-refractivity contribution in [3.63, 3.8) is 0 Å². The summed E-state index contributed by atoms with van der Waals surface area (Å²) >= 11 is 0. The van der Waals surface area contributed by atoms with E-state index in [0.717, 1.165) is 11.1 Å². The van der Waals surface area contributed by atoms with Gasteiger partial charge in [-0.3, -0.25) is 4.79 Å². The number of carbonyl (C=O) groups excluding carboxylic acids is 1. The van der Waals surface area contributed by atoms with E-state index in [1.807, 2.05) is 60.7 Å². The number of amides is 1. The second kappa shape index (κ2) is 9.49. The van der Waals surface area contributed by atoms with E-state index in [4.69, 9.17) is 0 Å². The number of aliphatic hydroxyl groups excluding tert-OH is 1. The number of benzene rings is 2. The summed E-state index contributed by atoms with van der Waals surface area (Å²) in [6.45, 7) is 0.369. The molecular formula is C20H22N2O2. The van der Waals surface area contributed by atoms with E-state index in [1.165, 1.54) is 0 Å². The van der Waals surface area contributed by atoms with Crippen LogP contribution >= 0.6 is 0 Å². The average molecular weight is 322 g/mol. The van der Waals surface area contributed by atoms with Gasteiger partial charge in [0.25, 0.3) is 0 Å². The van der Waals surface area contributed by atoms with E-state index in [9.17, 15) is 15.2 Å². The van der Waals surface area contributed by atoms with E-state index in [2.05, 4.69) is 11.4 Å². The number of aryl methyl sites for hydroxylation is 1. The Bertz CT molecular complexity index is 665. The van der Waals surface area contributed by atoms with Gasteiger partial charge in [0.15, 0.2) is 0 Å². The van der Waals surface area contributed by atoms with Gasteiger partial charge in [-0.05, 0) is 30.4 Å². The summed E-state index contributed by atoms with van der Waals surface area (Å²) < 4.78 is 0. The van der Waals surface area contributed by atoms with Crippen molar-refractivity contribution in [1.29, 1.82) is 5.26 Å². The topological polar surface area (TPSA) is 73.1 Å². The molecule has 0 aliphatic heterocycles. The Hall–Kier alpha value is -2.64. The SMILES string of the molecule is N#C[C@@H](CCNC(=O)[C@H](O)CCc1ccccc1)c1ccccc1. The van der Waals surface area contributed by atoms with E-state index in [-0.39, 0.29) is 11.8 Å². The Morgan fingerprint density at radius 3 is 2.29 bits per heavy atom. The van der Waals surface area contributed by atoms with Crippen LogP contribution in [0.15, 0.2) is 60.7 Å². The van der Waals surface area contributed by atoms with Crippen LogP contribution in [0.1, 0.15) is 29.9 Å². The third kappa shape index (κ3) is 5.53. The Morgan fingerprint density at radius 1 is 1.04 bits per heavy atom. The summed E-state index contributed by atoms with van der Waals surface area (Å²) in [4.78, 5) is 11.9. The molecule has 2 aromatic rings. The number of carbonyl (C=O) groups is 1. The van der Waals surface area contributed by atoms with Crippen LogP contribution in [0.2, 0.25) is 0 Å². The fraction of sp³-hybridized carbons (Fsp3) is 0.300. The molecule has 0 saturated carbocycles. The highest BCUT2D eigenvalue weighted by Crippen LogP contribution is 2.17. The van der Waals surface area contributed by atoms with Crippen molar-refractivity contribution in [2.75, 3.05) is 6.54 Å². The standard InChI is InChI=1S/C20H22N2O2/c21-15-18(17-9-5-2-6-10-17)13-14-22-20(24)19(23)12-11-16-7-3-1-4-8-16/h1-10,18-19,23H,11-14H2,(H,22,24)/t18-,19-/m1/s1. The predicted molar refractivity (Wildman–Crippen MR) is 93.2 cm³/mol. The quantitative estimate of drug-likeness (QED) is 0.785. The van der Waals surface area contributed by atoms with Crippen molar-refractivity contribution >= 4 is 5.91 Å². The summed E-state index contributed by atoms with van der Waals surface area (Å²) in [5.74, 6) is -0.636. The maximum absolute atomic E-state index is 11.9. The highest BCUT2D eigenvalue weighted by Gasteiger charge is 2.16. The molecule has 2 atom stereocenters. The second-order valence-electron chi connectivity index (χ2n) is 5.71. The first-order valence-electron chi connectivity index (χ1n) is 8.15. The highest BCUT2D eigenvalue weighted by atomic mass is 16.3. The lowest BCUT2D eigenvalue weighted by molar-refractivity contribution is -0.129. The van der Waals surface area contributed by atoms with Crippen molar-refractivity contribution in [2.45, 2.75) is 31.3 Å². The molecule has 124 valence electrons. The molecule has 2 rings (SSSR count). The summed E-state index contributed by atoms with van der Waals surface area (Å²) in [6.07, 6.45) is 0.538. The molecule has 0 aliphatic rings. The zero-order valence-corrected chi connectivity index (χ0v) is 13.6. The minimum atomic E-state index is -1.03. The Morgan fingerprint density at radius 2 is 1.67 bits per heavy atom. The second-order valence-corrected chi connectivity index (χ2v) is 5.71. The first-order chi connectivity index (χ1) is 11.7. The minimum Gasteiger partial charge on any atom is -0.383 e. The summed E-state index contributed by atoms with van der Waals surface area (Å²) in [5, 5.41) is 21.9. The van der Waals surface area contributed by atoms with E-state index >= 15 is 0 Å². The predicted octanol–water partition coefficient (Wildman–Crippen LogP) is 2.79. The van der Waals surface area contributed by atoms with Crippen LogP contribution < -0.4 is 5.32 Å². The maximum Gasteiger partial charge on any atom is 0.248 e. The molecule has 0 aromatic heterocycles. The molecule has 0 radical (unpaired) electrons.